The van der Waals surface area contributed by atoms with Gasteiger partial charge in [-0.25, -0.2) is 4.98 Å². The molecule has 2 atom stereocenters. The number of carbonyl (C=O) groups excluding carboxylic acids is 1. The van der Waals surface area contributed by atoms with Gasteiger partial charge < -0.3 is 10.1 Å². The summed E-state index contributed by atoms with van der Waals surface area (Å²) in [5.41, 5.74) is 0. The van der Waals surface area contributed by atoms with Gasteiger partial charge in [-0.3, -0.25) is 9.89 Å². The third-order valence-corrected chi connectivity index (χ3v) is 3.04. The zero-order valence-electron chi connectivity index (χ0n) is 10.9. The number of amides is 1. The summed E-state index contributed by atoms with van der Waals surface area (Å²) in [6, 6.07) is 0.161. The molecule has 100 valence electrons. The van der Waals surface area contributed by atoms with Crippen LogP contribution in [0.4, 0.5) is 0 Å². The van der Waals surface area contributed by atoms with E-state index in [4.69, 9.17) is 4.74 Å². The van der Waals surface area contributed by atoms with Crippen molar-refractivity contribution < 1.29 is 9.53 Å². The van der Waals surface area contributed by atoms with Crippen LogP contribution in [-0.4, -0.2) is 39.8 Å². The molecule has 0 saturated carbocycles. The summed E-state index contributed by atoms with van der Waals surface area (Å²) in [5, 5.41) is 9.68. The van der Waals surface area contributed by atoms with E-state index in [1.807, 2.05) is 6.92 Å². The van der Waals surface area contributed by atoms with Gasteiger partial charge in [0.1, 0.15) is 5.82 Å². The van der Waals surface area contributed by atoms with Crippen molar-refractivity contribution in [3.8, 4) is 0 Å². The molecule has 6 nitrogen and oxygen atoms in total. The first-order valence-electron chi connectivity index (χ1n) is 6.52. The van der Waals surface area contributed by atoms with E-state index in [2.05, 4.69) is 27.4 Å². The second kappa shape index (κ2) is 5.95. The predicted molar refractivity (Wildman–Crippen MR) is 66.3 cm³/mol. The second-order valence-electron chi connectivity index (χ2n) is 4.73. The van der Waals surface area contributed by atoms with Crippen LogP contribution in [0.2, 0.25) is 0 Å². The van der Waals surface area contributed by atoms with Gasteiger partial charge in [-0.1, -0.05) is 6.92 Å². The van der Waals surface area contributed by atoms with Crippen molar-refractivity contribution in [3.05, 3.63) is 11.6 Å². The minimum atomic E-state index is -0.201. The Morgan fingerprint density at radius 3 is 3.17 bits per heavy atom. The van der Waals surface area contributed by atoms with Crippen LogP contribution >= 0.6 is 0 Å². The van der Waals surface area contributed by atoms with E-state index >= 15 is 0 Å². The van der Waals surface area contributed by atoms with Crippen molar-refractivity contribution in [3.63, 3.8) is 0 Å². The van der Waals surface area contributed by atoms with Gasteiger partial charge in [0.15, 0.2) is 0 Å². The molecule has 2 heterocycles. The van der Waals surface area contributed by atoms with Crippen LogP contribution in [0.15, 0.2) is 0 Å². The first-order chi connectivity index (χ1) is 8.69. The van der Waals surface area contributed by atoms with Crippen molar-refractivity contribution in [2.24, 2.45) is 0 Å². The number of nitrogens with zero attached hydrogens (tertiary/aromatic N) is 2. The van der Waals surface area contributed by atoms with Gasteiger partial charge in [-0.15, -0.1) is 5.10 Å². The number of nitrogens with one attached hydrogen (secondary N) is 2. The van der Waals surface area contributed by atoms with Gasteiger partial charge >= 0.3 is 0 Å². The number of aromatic nitrogens is 3. The average molecular weight is 252 g/mol. The highest BCUT2D eigenvalue weighted by Gasteiger charge is 2.22. The Morgan fingerprint density at radius 2 is 2.44 bits per heavy atom. The van der Waals surface area contributed by atoms with Gasteiger partial charge in [0.05, 0.1) is 6.10 Å². The van der Waals surface area contributed by atoms with Crippen molar-refractivity contribution >= 4 is 5.91 Å². The number of rotatable bonds is 4. The van der Waals surface area contributed by atoms with E-state index in [0.717, 1.165) is 31.5 Å². The van der Waals surface area contributed by atoms with Crippen molar-refractivity contribution in [1.82, 2.24) is 20.5 Å². The fraction of sp³-hybridized carbons (Fsp3) is 0.750. The Balaban J connectivity index is 1.90. The van der Waals surface area contributed by atoms with Crippen LogP contribution < -0.4 is 5.32 Å². The Labute approximate surface area is 107 Å². The Bertz CT molecular complexity index is 405. The summed E-state index contributed by atoms with van der Waals surface area (Å²) in [7, 11) is 0. The molecule has 1 aromatic rings. The van der Waals surface area contributed by atoms with Gasteiger partial charge in [0, 0.05) is 19.1 Å². The number of carbonyl (C=O) groups is 1. The third kappa shape index (κ3) is 3.29. The first kappa shape index (κ1) is 13.0. The summed E-state index contributed by atoms with van der Waals surface area (Å²) < 4.78 is 5.44. The van der Waals surface area contributed by atoms with E-state index in [1.165, 1.54) is 0 Å². The standard InChI is InChI=1S/C12H20N4O2/c1-3-4-10-14-11(16-15-10)12(17)13-9-5-6-18-8(2)7-9/h8-9H,3-7H2,1-2H3,(H,13,17)(H,14,15,16). The molecular weight excluding hydrogens is 232 g/mol. The molecule has 2 N–H and O–H groups in total. The largest absolute Gasteiger partial charge is 0.378 e. The minimum Gasteiger partial charge on any atom is -0.378 e. The molecule has 0 aromatic carbocycles. The Hall–Kier alpha value is -1.43. The maximum absolute atomic E-state index is 11.9. The van der Waals surface area contributed by atoms with Crippen LogP contribution in [0.25, 0.3) is 0 Å². The van der Waals surface area contributed by atoms with Crippen LogP contribution in [0, 0.1) is 0 Å². The molecule has 1 aliphatic rings. The SMILES string of the molecule is CCCc1nc(C(=O)NC2CCOC(C)C2)n[nH]1. The third-order valence-electron chi connectivity index (χ3n) is 3.04. The van der Waals surface area contributed by atoms with E-state index in [1.54, 1.807) is 0 Å². The normalized spacial score (nSPS) is 23.9. The monoisotopic (exact) mass is 252 g/mol. The fourth-order valence-electron chi connectivity index (χ4n) is 2.12. The summed E-state index contributed by atoms with van der Waals surface area (Å²) in [5.74, 6) is 0.799. The quantitative estimate of drug-likeness (QED) is 0.839. The minimum absolute atomic E-state index is 0.161. The molecule has 0 aliphatic carbocycles. The van der Waals surface area contributed by atoms with Gasteiger partial charge in [0.2, 0.25) is 5.82 Å². The molecule has 0 radical (unpaired) electrons. The zero-order chi connectivity index (χ0) is 13.0. The number of hydrogen-bond donors (Lipinski definition) is 2. The lowest BCUT2D eigenvalue weighted by molar-refractivity contribution is 0.0135. The molecule has 0 spiro atoms. The predicted octanol–water partition coefficient (Wildman–Crippen LogP) is 1.05. The highest BCUT2D eigenvalue weighted by molar-refractivity contribution is 5.90. The zero-order valence-corrected chi connectivity index (χ0v) is 10.9. The van der Waals surface area contributed by atoms with Crippen LogP contribution in [0.5, 0.6) is 0 Å². The molecule has 1 amide bonds. The maximum atomic E-state index is 11.9. The molecule has 1 aliphatic heterocycles. The molecule has 1 aromatic heterocycles. The molecule has 18 heavy (non-hydrogen) atoms. The Morgan fingerprint density at radius 1 is 1.61 bits per heavy atom. The number of aromatic amines is 1. The fourth-order valence-corrected chi connectivity index (χ4v) is 2.12. The van der Waals surface area contributed by atoms with E-state index in [-0.39, 0.29) is 23.9 Å². The maximum Gasteiger partial charge on any atom is 0.291 e. The lowest BCUT2D eigenvalue weighted by Gasteiger charge is -2.27. The summed E-state index contributed by atoms with van der Waals surface area (Å²) in [6.45, 7) is 4.78. The van der Waals surface area contributed by atoms with E-state index in [0.29, 0.717) is 6.61 Å². The van der Waals surface area contributed by atoms with Gasteiger partial charge in [0.25, 0.3) is 5.91 Å². The molecule has 0 bridgehead atoms. The molecule has 1 saturated heterocycles. The highest BCUT2D eigenvalue weighted by atomic mass is 16.5. The molecule has 1 fully saturated rings. The Kier molecular flexibility index (Phi) is 4.30. The van der Waals surface area contributed by atoms with E-state index in [9.17, 15) is 4.79 Å². The van der Waals surface area contributed by atoms with Crippen LogP contribution in [-0.2, 0) is 11.2 Å². The van der Waals surface area contributed by atoms with Gasteiger partial charge in [-0.05, 0) is 26.2 Å². The number of H-pyrrole nitrogens is 1. The summed E-state index contributed by atoms with van der Waals surface area (Å²) in [6.07, 6.45) is 3.69. The number of aryl methyl sites for hydroxylation is 1. The summed E-state index contributed by atoms with van der Waals surface area (Å²) >= 11 is 0. The highest BCUT2D eigenvalue weighted by Crippen LogP contribution is 2.13. The molecule has 2 rings (SSSR count). The number of ether oxygens (including phenoxy) is 1. The topological polar surface area (TPSA) is 79.9 Å². The average Bonchev–Trinajstić information content (AvgIpc) is 2.78. The van der Waals surface area contributed by atoms with Crippen LogP contribution in [0.1, 0.15) is 49.6 Å². The smallest absolute Gasteiger partial charge is 0.291 e. The van der Waals surface area contributed by atoms with Crippen LogP contribution in [0.3, 0.4) is 0 Å². The van der Waals surface area contributed by atoms with E-state index < -0.39 is 0 Å². The first-order valence-corrected chi connectivity index (χ1v) is 6.52. The van der Waals surface area contributed by atoms with Crippen molar-refractivity contribution in [2.75, 3.05) is 6.61 Å². The molecule has 6 heteroatoms. The second-order valence-corrected chi connectivity index (χ2v) is 4.73. The molecule has 2 unspecified atom stereocenters. The van der Waals surface area contributed by atoms with Gasteiger partial charge in [-0.2, -0.15) is 0 Å². The molecular formula is C12H20N4O2. The lowest BCUT2D eigenvalue weighted by Crippen LogP contribution is -2.41. The lowest BCUT2D eigenvalue weighted by atomic mass is 10.0. The summed E-state index contributed by atoms with van der Waals surface area (Å²) in [4.78, 5) is 16.1. The van der Waals surface area contributed by atoms with Crippen molar-refractivity contribution in [2.45, 2.75) is 51.7 Å². The number of hydrogen-bond acceptors (Lipinski definition) is 4. The van der Waals surface area contributed by atoms with Crippen molar-refractivity contribution in [1.29, 1.82) is 0 Å².